The van der Waals surface area contributed by atoms with Gasteiger partial charge in [-0.2, -0.15) is 0 Å². The Hall–Kier alpha value is -0.910. The Balaban J connectivity index is 1.64. The van der Waals surface area contributed by atoms with Crippen LogP contribution in [0.5, 0.6) is 0 Å². The van der Waals surface area contributed by atoms with Crippen molar-refractivity contribution in [2.75, 3.05) is 19.3 Å². The normalized spacial score (nSPS) is 15.6. The highest BCUT2D eigenvalue weighted by atomic mass is 32.2. The van der Waals surface area contributed by atoms with Crippen molar-refractivity contribution in [3.05, 3.63) is 35.4 Å². The fraction of sp³-hybridized carbons (Fsp3) is 0.571. The minimum absolute atomic E-state index is 0.494. The third-order valence-electron chi connectivity index (χ3n) is 3.22. The molecule has 1 aliphatic rings. The molecule has 0 heterocycles. The minimum atomic E-state index is -3.05. The second-order valence-electron chi connectivity index (χ2n) is 5.22. The SMILES string of the molecule is CS(=O)(=O)NCCCNCc1cccc(C2CC2)c1. The zero-order valence-electron chi connectivity index (χ0n) is 11.4. The van der Waals surface area contributed by atoms with E-state index in [1.165, 1.54) is 30.2 Å². The maximum atomic E-state index is 10.9. The zero-order valence-corrected chi connectivity index (χ0v) is 12.2. The molecule has 1 aliphatic carbocycles. The second kappa shape index (κ2) is 6.50. The van der Waals surface area contributed by atoms with Crippen LogP contribution in [0.3, 0.4) is 0 Å². The van der Waals surface area contributed by atoms with Crippen molar-refractivity contribution in [2.24, 2.45) is 0 Å². The Morgan fingerprint density at radius 2 is 2.05 bits per heavy atom. The molecule has 0 radical (unpaired) electrons. The maximum absolute atomic E-state index is 10.9. The van der Waals surface area contributed by atoms with Gasteiger partial charge in [-0.25, -0.2) is 13.1 Å². The van der Waals surface area contributed by atoms with Crippen molar-refractivity contribution in [3.63, 3.8) is 0 Å². The molecule has 4 nitrogen and oxygen atoms in total. The lowest BCUT2D eigenvalue weighted by Gasteiger charge is -2.07. The van der Waals surface area contributed by atoms with E-state index >= 15 is 0 Å². The van der Waals surface area contributed by atoms with Crippen molar-refractivity contribution in [3.8, 4) is 0 Å². The predicted molar refractivity (Wildman–Crippen MR) is 77.6 cm³/mol. The summed E-state index contributed by atoms with van der Waals surface area (Å²) in [7, 11) is -3.05. The van der Waals surface area contributed by atoms with E-state index in [-0.39, 0.29) is 0 Å². The molecule has 106 valence electrons. The summed E-state index contributed by atoms with van der Waals surface area (Å²) in [5.74, 6) is 0.791. The summed E-state index contributed by atoms with van der Waals surface area (Å²) in [5, 5.41) is 3.34. The first-order valence-corrected chi connectivity index (χ1v) is 8.68. The molecule has 1 aromatic carbocycles. The number of rotatable bonds is 8. The molecule has 0 amide bonds. The lowest BCUT2D eigenvalue weighted by Crippen LogP contribution is -2.26. The molecule has 0 unspecified atom stereocenters. The van der Waals surface area contributed by atoms with E-state index in [1.54, 1.807) is 0 Å². The summed E-state index contributed by atoms with van der Waals surface area (Å²) >= 11 is 0. The van der Waals surface area contributed by atoms with Gasteiger partial charge in [0.2, 0.25) is 10.0 Å². The van der Waals surface area contributed by atoms with Crippen LogP contribution >= 0.6 is 0 Å². The molecule has 0 spiro atoms. The fourth-order valence-electron chi connectivity index (χ4n) is 2.08. The van der Waals surface area contributed by atoms with Crippen LogP contribution in [0.1, 0.15) is 36.3 Å². The standard InChI is InChI=1S/C14H22N2O2S/c1-19(17,18)16-9-3-8-15-11-12-4-2-5-14(10-12)13-6-7-13/h2,4-5,10,13,15-16H,3,6-9,11H2,1H3. The van der Waals surface area contributed by atoms with Gasteiger partial charge in [0.1, 0.15) is 0 Å². The van der Waals surface area contributed by atoms with Crippen molar-refractivity contribution >= 4 is 10.0 Å². The summed E-state index contributed by atoms with van der Waals surface area (Å²) in [6, 6.07) is 8.74. The van der Waals surface area contributed by atoms with Crippen LogP contribution in [0.25, 0.3) is 0 Å². The first kappa shape index (κ1) is 14.5. The van der Waals surface area contributed by atoms with E-state index in [0.717, 1.165) is 25.4 Å². The molecule has 0 atom stereocenters. The van der Waals surface area contributed by atoms with Crippen LogP contribution in [-0.2, 0) is 16.6 Å². The topological polar surface area (TPSA) is 58.2 Å². The van der Waals surface area contributed by atoms with Crippen LogP contribution in [0.15, 0.2) is 24.3 Å². The number of hydrogen-bond donors (Lipinski definition) is 2. The van der Waals surface area contributed by atoms with Gasteiger partial charge in [0.05, 0.1) is 6.26 Å². The van der Waals surface area contributed by atoms with Gasteiger partial charge in [-0.05, 0) is 42.9 Å². The molecule has 2 rings (SSSR count). The van der Waals surface area contributed by atoms with E-state index in [2.05, 4.69) is 34.3 Å². The predicted octanol–water partition coefficient (Wildman–Crippen LogP) is 1.59. The lowest BCUT2D eigenvalue weighted by atomic mass is 10.1. The molecule has 0 aromatic heterocycles. The Bertz CT molecular complexity index is 510. The van der Waals surface area contributed by atoms with Crippen LogP contribution in [0.4, 0.5) is 0 Å². The quantitative estimate of drug-likeness (QED) is 0.712. The summed E-state index contributed by atoms with van der Waals surface area (Å²) < 4.78 is 24.2. The first-order chi connectivity index (χ1) is 9.04. The lowest BCUT2D eigenvalue weighted by molar-refractivity contribution is 0.579. The van der Waals surface area contributed by atoms with Crippen molar-refractivity contribution in [1.29, 1.82) is 0 Å². The van der Waals surface area contributed by atoms with Gasteiger partial charge in [0.15, 0.2) is 0 Å². The molecule has 0 saturated heterocycles. The number of benzene rings is 1. The molecule has 2 N–H and O–H groups in total. The Labute approximate surface area is 115 Å². The third-order valence-corrected chi connectivity index (χ3v) is 3.95. The minimum Gasteiger partial charge on any atom is -0.313 e. The van der Waals surface area contributed by atoms with Crippen LogP contribution < -0.4 is 10.0 Å². The van der Waals surface area contributed by atoms with Gasteiger partial charge >= 0.3 is 0 Å². The molecule has 1 aromatic rings. The number of hydrogen-bond acceptors (Lipinski definition) is 3. The highest BCUT2D eigenvalue weighted by Crippen LogP contribution is 2.40. The number of nitrogens with one attached hydrogen (secondary N) is 2. The van der Waals surface area contributed by atoms with E-state index in [9.17, 15) is 8.42 Å². The largest absolute Gasteiger partial charge is 0.313 e. The summed E-state index contributed by atoms with van der Waals surface area (Å²) in [5.41, 5.74) is 2.76. The highest BCUT2D eigenvalue weighted by molar-refractivity contribution is 7.88. The third kappa shape index (κ3) is 5.72. The average molecular weight is 282 g/mol. The molecule has 1 fully saturated rings. The van der Waals surface area contributed by atoms with Crippen molar-refractivity contribution < 1.29 is 8.42 Å². The van der Waals surface area contributed by atoms with Gasteiger partial charge in [0.25, 0.3) is 0 Å². The van der Waals surface area contributed by atoms with E-state index in [1.807, 2.05) is 0 Å². The summed E-state index contributed by atoms with van der Waals surface area (Å²) in [6.45, 7) is 2.16. The molecular weight excluding hydrogens is 260 g/mol. The highest BCUT2D eigenvalue weighted by Gasteiger charge is 2.23. The second-order valence-corrected chi connectivity index (χ2v) is 7.05. The molecular formula is C14H22N2O2S. The van der Waals surface area contributed by atoms with Gasteiger partial charge in [-0.3, -0.25) is 0 Å². The average Bonchev–Trinajstić information content (AvgIpc) is 3.17. The van der Waals surface area contributed by atoms with E-state index in [0.29, 0.717) is 6.54 Å². The van der Waals surface area contributed by atoms with E-state index < -0.39 is 10.0 Å². The Morgan fingerprint density at radius 1 is 1.26 bits per heavy atom. The van der Waals surface area contributed by atoms with Gasteiger partial charge < -0.3 is 5.32 Å². The molecule has 1 saturated carbocycles. The maximum Gasteiger partial charge on any atom is 0.208 e. The monoisotopic (exact) mass is 282 g/mol. The van der Waals surface area contributed by atoms with Crippen LogP contribution in [0, 0.1) is 0 Å². The summed E-state index contributed by atoms with van der Waals surface area (Å²) in [6.07, 6.45) is 4.64. The first-order valence-electron chi connectivity index (χ1n) is 6.79. The molecule has 0 aliphatic heterocycles. The summed E-state index contributed by atoms with van der Waals surface area (Å²) in [4.78, 5) is 0. The van der Waals surface area contributed by atoms with Crippen LogP contribution in [0.2, 0.25) is 0 Å². The molecule has 5 heteroatoms. The Morgan fingerprint density at radius 3 is 2.74 bits per heavy atom. The van der Waals surface area contributed by atoms with Gasteiger partial charge in [-0.15, -0.1) is 0 Å². The van der Waals surface area contributed by atoms with Crippen molar-refractivity contribution in [2.45, 2.75) is 31.7 Å². The van der Waals surface area contributed by atoms with Gasteiger partial charge in [0, 0.05) is 13.1 Å². The number of sulfonamides is 1. The van der Waals surface area contributed by atoms with Crippen LogP contribution in [-0.4, -0.2) is 27.8 Å². The van der Waals surface area contributed by atoms with Gasteiger partial charge in [-0.1, -0.05) is 24.3 Å². The molecule has 19 heavy (non-hydrogen) atoms. The smallest absolute Gasteiger partial charge is 0.208 e. The van der Waals surface area contributed by atoms with E-state index in [4.69, 9.17) is 0 Å². The fourth-order valence-corrected chi connectivity index (χ4v) is 2.59. The zero-order chi connectivity index (χ0) is 13.7. The van der Waals surface area contributed by atoms with Crippen molar-refractivity contribution in [1.82, 2.24) is 10.0 Å². The Kier molecular flexibility index (Phi) is 4.96. The molecule has 0 bridgehead atoms.